The fourth-order valence-corrected chi connectivity index (χ4v) is 2.52. The molecule has 0 aliphatic heterocycles. The number of aromatic nitrogens is 2. The van der Waals surface area contributed by atoms with Crippen LogP contribution in [0.2, 0.25) is 0 Å². The molecule has 3 nitrogen and oxygen atoms in total. The quantitative estimate of drug-likeness (QED) is 0.812. The molecule has 0 aliphatic rings. The van der Waals surface area contributed by atoms with Crippen molar-refractivity contribution in [2.24, 2.45) is 0 Å². The van der Waals surface area contributed by atoms with Gasteiger partial charge in [-0.25, -0.2) is 0 Å². The van der Waals surface area contributed by atoms with E-state index in [2.05, 4.69) is 78.6 Å². The van der Waals surface area contributed by atoms with E-state index in [4.69, 9.17) is 0 Å². The molecule has 0 saturated carbocycles. The van der Waals surface area contributed by atoms with Gasteiger partial charge in [-0.15, -0.1) is 0 Å². The highest BCUT2D eigenvalue weighted by Crippen LogP contribution is 2.26. The van der Waals surface area contributed by atoms with Gasteiger partial charge in [0.25, 0.3) is 0 Å². The molecule has 1 aromatic rings. The van der Waals surface area contributed by atoms with Crippen molar-refractivity contribution in [3.8, 4) is 0 Å². The molecule has 0 bridgehead atoms. The number of hydrogen-bond acceptors (Lipinski definition) is 2. The number of rotatable bonds is 5. The summed E-state index contributed by atoms with van der Waals surface area (Å²) in [6.07, 6.45) is 5.18. The van der Waals surface area contributed by atoms with Gasteiger partial charge in [0.15, 0.2) is 0 Å². The van der Waals surface area contributed by atoms with Gasteiger partial charge in [-0.1, -0.05) is 6.08 Å². The number of nitrogens with zero attached hydrogens (tertiary/aromatic N) is 2. The Morgan fingerprint density at radius 3 is 2.63 bits per heavy atom. The monoisotopic (exact) mass is 327 g/mol. The Kier molecular flexibility index (Phi) is 5.81. The minimum atomic E-state index is 0.183. The van der Waals surface area contributed by atoms with Crippen LogP contribution in [-0.4, -0.2) is 21.9 Å². The summed E-state index contributed by atoms with van der Waals surface area (Å²) in [4.78, 5) is 0. The summed E-state index contributed by atoms with van der Waals surface area (Å²) in [5.74, 6) is 0. The molecule has 19 heavy (non-hydrogen) atoms. The SMILES string of the molecule is CC(=CCCNC(C)(C)C)c1c(Br)cnn1C(C)C. The lowest BCUT2D eigenvalue weighted by Gasteiger charge is -2.20. The van der Waals surface area contributed by atoms with Gasteiger partial charge in [-0.3, -0.25) is 4.68 Å². The van der Waals surface area contributed by atoms with Crippen LogP contribution in [0.1, 0.15) is 59.7 Å². The zero-order chi connectivity index (χ0) is 14.6. The van der Waals surface area contributed by atoms with Crippen LogP contribution >= 0.6 is 15.9 Å². The molecule has 0 spiro atoms. The lowest BCUT2D eigenvalue weighted by molar-refractivity contribution is 0.431. The van der Waals surface area contributed by atoms with E-state index in [1.807, 2.05) is 6.20 Å². The van der Waals surface area contributed by atoms with Crippen molar-refractivity contribution in [1.29, 1.82) is 0 Å². The molecule has 1 heterocycles. The molecule has 1 N–H and O–H groups in total. The zero-order valence-corrected chi connectivity index (χ0v) is 14.5. The summed E-state index contributed by atoms with van der Waals surface area (Å²) in [6, 6.07) is 0.373. The van der Waals surface area contributed by atoms with Gasteiger partial charge in [-0.2, -0.15) is 5.10 Å². The summed E-state index contributed by atoms with van der Waals surface area (Å²) < 4.78 is 3.13. The van der Waals surface area contributed by atoms with Gasteiger partial charge in [0.1, 0.15) is 0 Å². The van der Waals surface area contributed by atoms with E-state index >= 15 is 0 Å². The minimum Gasteiger partial charge on any atom is -0.312 e. The lowest BCUT2D eigenvalue weighted by atomic mass is 10.1. The van der Waals surface area contributed by atoms with Gasteiger partial charge in [0.05, 0.1) is 16.4 Å². The van der Waals surface area contributed by atoms with E-state index in [0.717, 1.165) is 17.4 Å². The Morgan fingerprint density at radius 2 is 2.11 bits per heavy atom. The summed E-state index contributed by atoms with van der Waals surface area (Å²) in [6.45, 7) is 14.0. The van der Waals surface area contributed by atoms with Crippen LogP contribution in [0.15, 0.2) is 16.7 Å². The summed E-state index contributed by atoms with van der Waals surface area (Å²) in [5, 5.41) is 7.91. The molecular formula is C15H26BrN3. The predicted octanol–water partition coefficient (Wildman–Crippen LogP) is 4.41. The van der Waals surface area contributed by atoms with Gasteiger partial charge in [0.2, 0.25) is 0 Å². The number of hydrogen-bond donors (Lipinski definition) is 1. The Morgan fingerprint density at radius 1 is 1.47 bits per heavy atom. The van der Waals surface area contributed by atoms with Gasteiger partial charge in [0, 0.05) is 11.6 Å². The van der Waals surface area contributed by atoms with Crippen LogP contribution in [0.25, 0.3) is 5.57 Å². The molecule has 0 amide bonds. The molecule has 1 rings (SSSR count). The normalized spacial score (nSPS) is 13.4. The molecular weight excluding hydrogens is 302 g/mol. The first-order valence-electron chi connectivity index (χ1n) is 6.87. The third-order valence-electron chi connectivity index (χ3n) is 2.86. The summed E-state index contributed by atoms with van der Waals surface area (Å²) in [5.41, 5.74) is 2.64. The lowest BCUT2D eigenvalue weighted by Crippen LogP contribution is -2.36. The van der Waals surface area contributed by atoms with Crippen molar-refractivity contribution in [2.75, 3.05) is 6.54 Å². The van der Waals surface area contributed by atoms with E-state index in [-0.39, 0.29) is 5.54 Å². The molecule has 4 heteroatoms. The van der Waals surface area contributed by atoms with E-state index in [1.165, 1.54) is 11.3 Å². The van der Waals surface area contributed by atoms with Crippen molar-refractivity contribution in [3.63, 3.8) is 0 Å². The Bertz CT molecular complexity index is 439. The number of allylic oxidation sites excluding steroid dienone is 1. The second-order valence-corrected chi connectivity index (χ2v) is 7.09. The van der Waals surface area contributed by atoms with Crippen molar-refractivity contribution in [1.82, 2.24) is 15.1 Å². The standard InChI is InChI=1S/C15H26BrN3/c1-11(2)19-14(13(16)10-18-19)12(3)8-7-9-17-15(4,5)6/h8,10-11,17H,7,9H2,1-6H3. The van der Waals surface area contributed by atoms with Crippen LogP contribution in [-0.2, 0) is 0 Å². The number of halogens is 1. The first kappa shape index (κ1) is 16.4. The van der Waals surface area contributed by atoms with E-state index in [1.54, 1.807) is 0 Å². The van der Waals surface area contributed by atoms with Crippen LogP contribution in [0.3, 0.4) is 0 Å². The highest BCUT2D eigenvalue weighted by Gasteiger charge is 2.12. The molecule has 0 atom stereocenters. The minimum absolute atomic E-state index is 0.183. The van der Waals surface area contributed by atoms with Gasteiger partial charge >= 0.3 is 0 Å². The Hall–Kier alpha value is -0.610. The van der Waals surface area contributed by atoms with Crippen LogP contribution < -0.4 is 5.32 Å². The Balaban J connectivity index is 2.72. The van der Waals surface area contributed by atoms with Crippen molar-refractivity contribution >= 4 is 21.5 Å². The molecule has 0 fully saturated rings. The molecule has 0 radical (unpaired) electrons. The number of nitrogens with one attached hydrogen (secondary N) is 1. The first-order valence-corrected chi connectivity index (χ1v) is 7.67. The largest absolute Gasteiger partial charge is 0.312 e. The molecule has 0 unspecified atom stereocenters. The fraction of sp³-hybridized carbons (Fsp3) is 0.667. The van der Waals surface area contributed by atoms with Gasteiger partial charge in [-0.05, 0) is 76.0 Å². The third-order valence-corrected chi connectivity index (χ3v) is 3.44. The van der Waals surface area contributed by atoms with Crippen molar-refractivity contribution in [2.45, 2.75) is 59.5 Å². The van der Waals surface area contributed by atoms with E-state index < -0.39 is 0 Å². The van der Waals surface area contributed by atoms with Crippen LogP contribution in [0.4, 0.5) is 0 Å². The Labute approximate surface area is 125 Å². The molecule has 1 aromatic heterocycles. The molecule has 0 aromatic carbocycles. The average molecular weight is 328 g/mol. The van der Waals surface area contributed by atoms with E-state index in [9.17, 15) is 0 Å². The maximum Gasteiger partial charge on any atom is 0.0781 e. The third kappa shape index (κ3) is 5.11. The second kappa shape index (κ2) is 6.71. The maximum atomic E-state index is 4.42. The maximum absolute atomic E-state index is 4.42. The molecule has 108 valence electrons. The summed E-state index contributed by atoms with van der Waals surface area (Å²) >= 11 is 3.59. The van der Waals surface area contributed by atoms with Gasteiger partial charge < -0.3 is 5.32 Å². The highest BCUT2D eigenvalue weighted by molar-refractivity contribution is 9.10. The van der Waals surface area contributed by atoms with Crippen LogP contribution in [0.5, 0.6) is 0 Å². The molecule has 0 aliphatic carbocycles. The van der Waals surface area contributed by atoms with Crippen LogP contribution in [0, 0.1) is 0 Å². The molecule has 0 saturated heterocycles. The average Bonchev–Trinajstić information content (AvgIpc) is 2.65. The summed E-state index contributed by atoms with van der Waals surface area (Å²) in [7, 11) is 0. The highest BCUT2D eigenvalue weighted by atomic mass is 79.9. The fourth-order valence-electron chi connectivity index (χ4n) is 1.93. The first-order chi connectivity index (χ1) is 8.72. The van der Waals surface area contributed by atoms with Crippen molar-refractivity contribution < 1.29 is 0 Å². The smallest absolute Gasteiger partial charge is 0.0781 e. The predicted molar refractivity (Wildman–Crippen MR) is 86.3 cm³/mol. The second-order valence-electron chi connectivity index (χ2n) is 6.23. The van der Waals surface area contributed by atoms with E-state index in [0.29, 0.717) is 6.04 Å². The topological polar surface area (TPSA) is 29.9 Å². The van der Waals surface area contributed by atoms with Crippen molar-refractivity contribution in [3.05, 3.63) is 22.4 Å². The zero-order valence-electron chi connectivity index (χ0n) is 12.9.